The van der Waals surface area contributed by atoms with E-state index in [1.165, 1.54) is 0 Å². The van der Waals surface area contributed by atoms with Gasteiger partial charge in [-0.25, -0.2) is 0 Å². The molecule has 9 heteroatoms. The van der Waals surface area contributed by atoms with Crippen LogP contribution in [0.25, 0.3) is 0 Å². The van der Waals surface area contributed by atoms with Gasteiger partial charge in [0.1, 0.15) is 17.5 Å². The summed E-state index contributed by atoms with van der Waals surface area (Å²) in [5.41, 5.74) is 4.76. The number of fused-ring (bicyclic) bond motifs is 1. The second-order valence-electron chi connectivity index (χ2n) is 7.32. The highest BCUT2D eigenvalue weighted by molar-refractivity contribution is 6.06. The van der Waals surface area contributed by atoms with Gasteiger partial charge in [-0.05, 0) is 60.5 Å². The number of amides is 1. The molecule has 9 nitrogen and oxygen atoms in total. The van der Waals surface area contributed by atoms with Crippen LogP contribution in [0.4, 0.5) is 11.6 Å². The van der Waals surface area contributed by atoms with Gasteiger partial charge in [0.2, 0.25) is 5.95 Å². The number of aromatic nitrogens is 4. The number of ether oxygens (including phenoxy) is 2. The molecule has 1 amide bonds. The Hall–Kier alpha value is -3.88. The number of hydrogen-bond donors (Lipinski definition) is 2. The fourth-order valence-corrected chi connectivity index (χ4v) is 3.71. The predicted molar refractivity (Wildman–Crippen MR) is 116 cm³/mol. The van der Waals surface area contributed by atoms with Gasteiger partial charge in [-0.3, -0.25) is 4.79 Å². The number of nitrogens with zero attached hydrogens (tertiary/aromatic N) is 4. The first-order chi connectivity index (χ1) is 14.9. The average Bonchev–Trinajstić information content (AvgIpc) is 3.23. The fourth-order valence-electron chi connectivity index (χ4n) is 3.71. The smallest absolute Gasteiger partial charge is 0.255 e. The zero-order valence-corrected chi connectivity index (χ0v) is 18.1. The number of benzene rings is 2. The molecule has 1 atom stereocenters. The van der Waals surface area contributed by atoms with Crippen LogP contribution in [0.5, 0.6) is 11.5 Å². The van der Waals surface area contributed by atoms with Crippen molar-refractivity contribution in [2.45, 2.75) is 26.8 Å². The number of allylic oxidation sites excluding steroid dienone is 1. The number of nitrogens with one attached hydrogen (secondary N) is 2. The number of hydrogen-bond acceptors (Lipinski definition) is 7. The lowest BCUT2D eigenvalue weighted by Crippen LogP contribution is -2.32. The molecule has 2 heterocycles. The highest BCUT2D eigenvalue weighted by Crippen LogP contribution is 2.40. The van der Waals surface area contributed by atoms with Gasteiger partial charge in [0, 0.05) is 23.0 Å². The van der Waals surface area contributed by atoms with E-state index in [0.717, 1.165) is 22.4 Å². The van der Waals surface area contributed by atoms with Crippen LogP contribution >= 0.6 is 0 Å². The minimum Gasteiger partial charge on any atom is -0.497 e. The second kappa shape index (κ2) is 8.10. The van der Waals surface area contributed by atoms with Crippen LogP contribution in [-0.4, -0.2) is 40.3 Å². The molecule has 160 valence electrons. The van der Waals surface area contributed by atoms with Crippen molar-refractivity contribution in [3.05, 3.63) is 64.4 Å². The maximum Gasteiger partial charge on any atom is 0.255 e. The van der Waals surface area contributed by atoms with E-state index in [-0.39, 0.29) is 5.91 Å². The minimum atomic E-state index is -0.586. The highest BCUT2D eigenvalue weighted by Gasteiger charge is 2.36. The monoisotopic (exact) mass is 420 g/mol. The molecule has 0 bridgehead atoms. The van der Waals surface area contributed by atoms with E-state index >= 15 is 0 Å². The van der Waals surface area contributed by atoms with Crippen molar-refractivity contribution < 1.29 is 14.3 Å². The molecule has 3 aromatic rings. The SMILES string of the molecule is COc1ccc(C2C(C(=O)Nc3cccc(C)c3C)=C(C)Nc3nnnn32)c(OC)c1. The number of methoxy groups -OCH3 is 2. The largest absolute Gasteiger partial charge is 0.497 e. The topological polar surface area (TPSA) is 103 Å². The van der Waals surface area contributed by atoms with Gasteiger partial charge in [-0.15, -0.1) is 0 Å². The third kappa shape index (κ3) is 3.58. The van der Waals surface area contributed by atoms with Crippen molar-refractivity contribution in [2.75, 3.05) is 24.9 Å². The Labute approximate surface area is 180 Å². The van der Waals surface area contributed by atoms with Crippen LogP contribution in [0.15, 0.2) is 47.7 Å². The van der Waals surface area contributed by atoms with Crippen LogP contribution in [0.2, 0.25) is 0 Å². The summed E-state index contributed by atoms with van der Waals surface area (Å²) >= 11 is 0. The first-order valence-corrected chi connectivity index (χ1v) is 9.79. The van der Waals surface area contributed by atoms with Gasteiger partial charge in [-0.1, -0.05) is 17.2 Å². The van der Waals surface area contributed by atoms with Gasteiger partial charge < -0.3 is 20.1 Å². The molecule has 2 aromatic carbocycles. The molecular formula is C22H24N6O3. The number of carbonyl (C=O) groups excluding carboxylic acids is 1. The van der Waals surface area contributed by atoms with E-state index in [9.17, 15) is 4.79 Å². The van der Waals surface area contributed by atoms with Crippen molar-refractivity contribution in [2.24, 2.45) is 0 Å². The first kappa shape index (κ1) is 20.4. The Morgan fingerprint density at radius 1 is 1.13 bits per heavy atom. The zero-order valence-electron chi connectivity index (χ0n) is 18.1. The third-order valence-electron chi connectivity index (χ3n) is 5.55. The average molecular weight is 420 g/mol. The fraction of sp³-hybridized carbons (Fsp3) is 0.273. The minimum absolute atomic E-state index is 0.247. The van der Waals surface area contributed by atoms with Gasteiger partial charge in [0.25, 0.3) is 5.91 Å². The van der Waals surface area contributed by atoms with E-state index in [4.69, 9.17) is 9.47 Å². The summed E-state index contributed by atoms with van der Waals surface area (Å²) in [4.78, 5) is 13.5. The summed E-state index contributed by atoms with van der Waals surface area (Å²) in [6.45, 7) is 5.82. The summed E-state index contributed by atoms with van der Waals surface area (Å²) < 4.78 is 12.5. The molecule has 0 spiro atoms. The third-order valence-corrected chi connectivity index (χ3v) is 5.55. The van der Waals surface area contributed by atoms with Crippen LogP contribution in [0, 0.1) is 13.8 Å². The second-order valence-corrected chi connectivity index (χ2v) is 7.32. The predicted octanol–water partition coefficient (Wildman–Crippen LogP) is 3.23. The van der Waals surface area contributed by atoms with Gasteiger partial charge in [-0.2, -0.15) is 4.68 Å². The Bertz CT molecular complexity index is 1180. The number of aryl methyl sites for hydroxylation is 1. The summed E-state index contributed by atoms with van der Waals surface area (Å²) in [5.74, 6) is 1.41. The molecule has 0 fully saturated rings. The summed E-state index contributed by atoms with van der Waals surface area (Å²) in [7, 11) is 3.16. The number of rotatable bonds is 5. The Kier molecular flexibility index (Phi) is 5.33. The van der Waals surface area contributed by atoms with E-state index in [2.05, 4.69) is 26.2 Å². The summed E-state index contributed by atoms with van der Waals surface area (Å²) in [5, 5.41) is 18.1. The van der Waals surface area contributed by atoms with Gasteiger partial charge in [0.15, 0.2) is 0 Å². The molecule has 0 aliphatic carbocycles. The summed E-state index contributed by atoms with van der Waals surface area (Å²) in [6.07, 6.45) is 0. The van der Waals surface area contributed by atoms with Crippen LogP contribution in [-0.2, 0) is 4.79 Å². The lowest BCUT2D eigenvalue weighted by atomic mass is 9.94. The Morgan fingerprint density at radius 2 is 1.94 bits per heavy atom. The van der Waals surface area contributed by atoms with Gasteiger partial charge >= 0.3 is 0 Å². The molecule has 1 aliphatic heterocycles. The van der Waals surface area contributed by atoms with Crippen molar-refractivity contribution in [3.63, 3.8) is 0 Å². The Morgan fingerprint density at radius 3 is 2.68 bits per heavy atom. The lowest BCUT2D eigenvalue weighted by Gasteiger charge is -2.29. The normalized spacial score (nSPS) is 15.2. The molecular weight excluding hydrogens is 396 g/mol. The van der Waals surface area contributed by atoms with E-state index in [1.807, 2.05) is 51.1 Å². The van der Waals surface area contributed by atoms with Gasteiger partial charge in [0.05, 0.1) is 19.8 Å². The number of carbonyl (C=O) groups is 1. The molecule has 0 saturated carbocycles. The molecule has 1 unspecified atom stereocenters. The first-order valence-electron chi connectivity index (χ1n) is 9.79. The van der Waals surface area contributed by atoms with Crippen molar-refractivity contribution in [1.82, 2.24) is 20.2 Å². The molecule has 0 radical (unpaired) electrons. The van der Waals surface area contributed by atoms with Crippen molar-refractivity contribution >= 4 is 17.5 Å². The lowest BCUT2D eigenvalue weighted by molar-refractivity contribution is -0.113. The maximum absolute atomic E-state index is 13.5. The van der Waals surface area contributed by atoms with E-state index in [1.54, 1.807) is 25.0 Å². The molecule has 31 heavy (non-hydrogen) atoms. The number of tetrazole rings is 1. The molecule has 4 rings (SSSR count). The van der Waals surface area contributed by atoms with Crippen molar-refractivity contribution in [3.8, 4) is 11.5 Å². The quantitative estimate of drug-likeness (QED) is 0.653. The van der Waals surface area contributed by atoms with E-state index in [0.29, 0.717) is 28.7 Å². The summed E-state index contributed by atoms with van der Waals surface area (Å²) in [6, 6.07) is 10.7. The molecule has 1 aromatic heterocycles. The number of anilines is 2. The van der Waals surface area contributed by atoms with Crippen LogP contribution < -0.4 is 20.1 Å². The Balaban J connectivity index is 1.82. The molecule has 0 saturated heterocycles. The van der Waals surface area contributed by atoms with Crippen molar-refractivity contribution in [1.29, 1.82) is 0 Å². The van der Waals surface area contributed by atoms with Crippen LogP contribution in [0.1, 0.15) is 29.7 Å². The molecule has 2 N–H and O–H groups in total. The maximum atomic E-state index is 13.5. The molecule has 1 aliphatic rings. The standard InChI is InChI=1S/C22H24N6O3/c1-12-7-6-8-17(13(12)2)24-21(29)19-14(3)23-22-25-26-27-28(22)20(19)16-10-9-15(30-4)11-18(16)31-5/h6-11,20H,1-5H3,(H,24,29)(H,23,25,27). The van der Waals surface area contributed by atoms with E-state index < -0.39 is 6.04 Å². The highest BCUT2D eigenvalue weighted by atomic mass is 16.5. The van der Waals surface area contributed by atoms with Crippen LogP contribution in [0.3, 0.4) is 0 Å². The zero-order chi connectivity index (χ0) is 22.1.